The third-order valence-corrected chi connectivity index (χ3v) is 12.1. The van der Waals surface area contributed by atoms with E-state index >= 15 is 0 Å². The largest absolute Gasteiger partial charge is 0.492 e. The maximum absolute atomic E-state index is 11.0. The molecular formula is C58H78N2O10. The quantitative estimate of drug-likeness (QED) is 0.0240. The number of benzene rings is 2. The SMILES string of the molecule is C=CC(=O)OCCCCCCCCCCCCOc1ccc(-c2ccc(CO[C@H]3OCCO[C@@H]3OCc3ccc(-c4ccc(OCCCCCCCCCCCCOC(=O)C=C)cn4)cc3)cc2)nc1. The first-order valence-corrected chi connectivity index (χ1v) is 25.9. The smallest absolute Gasteiger partial charge is 0.330 e. The number of hydrogen-bond acceptors (Lipinski definition) is 12. The zero-order valence-electron chi connectivity index (χ0n) is 41.6. The van der Waals surface area contributed by atoms with Crippen LogP contribution in [0.3, 0.4) is 0 Å². The van der Waals surface area contributed by atoms with E-state index in [9.17, 15) is 9.59 Å². The molecule has 0 radical (unpaired) electrons. The molecule has 0 aliphatic carbocycles. The van der Waals surface area contributed by atoms with Crippen molar-refractivity contribution >= 4 is 11.9 Å². The summed E-state index contributed by atoms with van der Waals surface area (Å²) in [5.74, 6) is 0.901. The van der Waals surface area contributed by atoms with Crippen molar-refractivity contribution in [3.63, 3.8) is 0 Å². The van der Waals surface area contributed by atoms with E-state index in [1.165, 1.54) is 89.2 Å². The van der Waals surface area contributed by atoms with E-state index < -0.39 is 12.6 Å². The molecule has 70 heavy (non-hydrogen) atoms. The van der Waals surface area contributed by atoms with Gasteiger partial charge in [0.25, 0.3) is 0 Å². The van der Waals surface area contributed by atoms with Crippen LogP contribution in [0.25, 0.3) is 22.5 Å². The van der Waals surface area contributed by atoms with E-state index in [2.05, 4.69) is 23.1 Å². The molecule has 0 spiro atoms. The highest BCUT2D eigenvalue weighted by atomic mass is 16.8. The molecule has 0 amide bonds. The van der Waals surface area contributed by atoms with Crippen LogP contribution >= 0.6 is 0 Å². The Hall–Kier alpha value is -5.40. The van der Waals surface area contributed by atoms with Gasteiger partial charge >= 0.3 is 11.9 Å². The summed E-state index contributed by atoms with van der Waals surface area (Å²) in [7, 11) is 0. The molecule has 0 N–H and O–H groups in total. The first kappa shape index (κ1) is 55.5. The predicted octanol–water partition coefficient (Wildman–Crippen LogP) is 13.3. The molecule has 1 aliphatic rings. The first-order chi connectivity index (χ1) is 34.5. The average molecular weight is 963 g/mol. The molecule has 12 heteroatoms. The lowest BCUT2D eigenvalue weighted by Gasteiger charge is -2.31. The van der Waals surface area contributed by atoms with Gasteiger partial charge in [0.2, 0.25) is 12.6 Å². The van der Waals surface area contributed by atoms with Crippen molar-refractivity contribution in [2.75, 3.05) is 39.6 Å². The van der Waals surface area contributed by atoms with Crippen LogP contribution in [0, 0.1) is 0 Å². The molecule has 3 heterocycles. The molecular weight excluding hydrogens is 885 g/mol. The van der Waals surface area contributed by atoms with Crippen LogP contribution in [0.1, 0.15) is 140 Å². The number of rotatable bonds is 38. The lowest BCUT2D eigenvalue weighted by atomic mass is 10.1. The summed E-state index contributed by atoms with van der Waals surface area (Å²) >= 11 is 0. The molecule has 0 bridgehead atoms. The lowest BCUT2D eigenvalue weighted by Crippen LogP contribution is -2.41. The van der Waals surface area contributed by atoms with E-state index in [1.54, 1.807) is 12.4 Å². The molecule has 12 nitrogen and oxygen atoms in total. The number of nitrogens with zero attached hydrogens (tertiary/aromatic N) is 2. The second kappa shape index (κ2) is 34.8. The van der Waals surface area contributed by atoms with E-state index in [0.29, 0.717) is 52.9 Å². The molecule has 0 saturated carbocycles. The van der Waals surface area contributed by atoms with Gasteiger partial charge in [0, 0.05) is 23.3 Å². The van der Waals surface area contributed by atoms with Crippen molar-refractivity contribution < 1.29 is 47.5 Å². The summed E-state index contributed by atoms with van der Waals surface area (Å²) in [5, 5.41) is 0. The molecule has 4 aromatic rings. The zero-order valence-corrected chi connectivity index (χ0v) is 41.6. The molecule has 0 unspecified atom stereocenters. The Morgan fingerprint density at radius 1 is 0.457 bits per heavy atom. The summed E-state index contributed by atoms with van der Waals surface area (Å²) in [4.78, 5) is 31.4. The van der Waals surface area contributed by atoms with Gasteiger partial charge in [-0.25, -0.2) is 9.59 Å². The Kier molecular flexibility index (Phi) is 27.6. The van der Waals surface area contributed by atoms with Crippen LogP contribution in [-0.4, -0.2) is 74.1 Å². The van der Waals surface area contributed by atoms with Crippen LogP contribution in [0.5, 0.6) is 11.5 Å². The number of unbranched alkanes of at least 4 members (excludes halogenated alkanes) is 18. The summed E-state index contributed by atoms with van der Waals surface area (Å²) in [6.45, 7) is 10.8. The second-order valence-electron chi connectivity index (χ2n) is 17.8. The minimum atomic E-state index is -0.650. The second-order valence-corrected chi connectivity index (χ2v) is 17.8. The lowest BCUT2D eigenvalue weighted by molar-refractivity contribution is -0.326. The normalized spacial score (nSPS) is 14.5. The van der Waals surface area contributed by atoms with Crippen molar-refractivity contribution in [2.45, 2.75) is 154 Å². The van der Waals surface area contributed by atoms with Gasteiger partial charge < -0.3 is 37.9 Å². The van der Waals surface area contributed by atoms with Gasteiger partial charge in [-0.2, -0.15) is 0 Å². The van der Waals surface area contributed by atoms with Crippen LogP contribution in [-0.2, 0) is 51.2 Å². The van der Waals surface area contributed by atoms with E-state index in [-0.39, 0.29) is 11.9 Å². The highest BCUT2D eigenvalue weighted by Gasteiger charge is 2.29. The third kappa shape index (κ3) is 23.0. The monoisotopic (exact) mass is 963 g/mol. The number of pyridine rings is 2. The zero-order chi connectivity index (χ0) is 49.1. The number of aromatic nitrogens is 2. The molecule has 2 atom stereocenters. The van der Waals surface area contributed by atoms with Crippen LogP contribution in [0.2, 0.25) is 0 Å². The standard InChI is InChI=1S/C58H78N2O10/c1-3-55(61)65-39-23-19-15-11-7-5-9-13-17-21-37-63-51-33-35-53(59-43-51)49-29-25-47(26-30-49)45-69-57-58(68-42-41-67-57)70-46-48-27-31-50(32-28-48)54-36-34-52(44-60-54)64-38-22-18-14-10-6-8-12-16-20-24-40-66-56(62)4-2/h3-4,25-36,43-44,57-58H,1-2,5-24,37-42,45-46H2/t57-,58-/m1/s1. The van der Waals surface area contributed by atoms with Gasteiger partial charge in [-0.05, 0) is 61.1 Å². The fourth-order valence-electron chi connectivity index (χ4n) is 7.99. The minimum Gasteiger partial charge on any atom is -0.492 e. The molecule has 1 aliphatic heterocycles. The predicted molar refractivity (Wildman–Crippen MR) is 274 cm³/mol. The first-order valence-electron chi connectivity index (χ1n) is 25.9. The van der Waals surface area contributed by atoms with Crippen molar-refractivity contribution in [1.82, 2.24) is 9.97 Å². The van der Waals surface area contributed by atoms with E-state index in [1.807, 2.05) is 72.8 Å². The molecule has 2 aromatic heterocycles. The average Bonchev–Trinajstić information content (AvgIpc) is 3.40. The highest BCUT2D eigenvalue weighted by Crippen LogP contribution is 2.24. The molecule has 1 fully saturated rings. The van der Waals surface area contributed by atoms with Gasteiger partial charge in [0.1, 0.15) is 11.5 Å². The van der Waals surface area contributed by atoms with Crippen LogP contribution < -0.4 is 9.47 Å². The number of ether oxygens (including phenoxy) is 8. The summed E-state index contributed by atoms with van der Waals surface area (Å²) in [6, 6.07) is 24.3. The maximum Gasteiger partial charge on any atom is 0.330 e. The van der Waals surface area contributed by atoms with Crippen LogP contribution in [0.15, 0.2) is 111 Å². The van der Waals surface area contributed by atoms with E-state index in [0.717, 1.165) is 96.5 Å². The van der Waals surface area contributed by atoms with Crippen molar-refractivity contribution in [2.24, 2.45) is 0 Å². The Bertz CT molecular complexity index is 1880. The maximum atomic E-state index is 11.0. The summed E-state index contributed by atoms with van der Waals surface area (Å²) < 4.78 is 46.1. The summed E-state index contributed by atoms with van der Waals surface area (Å²) in [5.41, 5.74) is 5.81. The van der Waals surface area contributed by atoms with Gasteiger partial charge in [-0.1, -0.05) is 164 Å². The van der Waals surface area contributed by atoms with Gasteiger partial charge in [0.15, 0.2) is 0 Å². The van der Waals surface area contributed by atoms with Gasteiger partial charge in [-0.15, -0.1) is 0 Å². The number of esters is 2. The molecule has 380 valence electrons. The van der Waals surface area contributed by atoms with Gasteiger partial charge in [-0.3, -0.25) is 9.97 Å². The van der Waals surface area contributed by atoms with Crippen molar-refractivity contribution in [1.29, 1.82) is 0 Å². The fourth-order valence-corrected chi connectivity index (χ4v) is 7.99. The number of carbonyl (C=O) groups excluding carboxylic acids is 2. The minimum absolute atomic E-state index is 0.336. The Morgan fingerprint density at radius 2 is 0.786 bits per heavy atom. The van der Waals surface area contributed by atoms with Crippen molar-refractivity contribution in [3.05, 3.63) is 122 Å². The number of carbonyl (C=O) groups is 2. The van der Waals surface area contributed by atoms with E-state index in [4.69, 9.17) is 37.9 Å². The fraction of sp³-hybridized carbons (Fsp3) is 0.517. The topological polar surface area (TPSA) is 134 Å². The number of hydrogen-bond donors (Lipinski definition) is 0. The molecule has 5 rings (SSSR count). The van der Waals surface area contributed by atoms with Crippen molar-refractivity contribution in [3.8, 4) is 34.0 Å². The molecule has 2 aromatic carbocycles. The van der Waals surface area contributed by atoms with Gasteiger partial charge in [0.05, 0.1) is 76.6 Å². The van der Waals surface area contributed by atoms with Crippen LogP contribution in [0.4, 0.5) is 0 Å². The Balaban J connectivity index is 0.889. The summed E-state index contributed by atoms with van der Waals surface area (Å²) in [6.07, 6.45) is 28.0. The molecule has 1 saturated heterocycles. The Labute approximate surface area is 417 Å². The third-order valence-electron chi connectivity index (χ3n) is 12.1. The Morgan fingerprint density at radius 3 is 1.10 bits per heavy atom. The highest BCUT2D eigenvalue weighted by molar-refractivity contribution is 5.81.